The number of phenols is 1. The number of nitrogens with zero attached hydrogens (tertiary/aromatic N) is 1. The van der Waals surface area contributed by atoms with Crippen LogP contribution < -0.4 is 25.7 Å². The number of aromatic hydroxyl groups is 1. The highest BCUT2D eigenvalue weighted by molar-refractivity contribution is 5.88. The second-order valence-electron chi connectivity index (χ2n) is 6.30. The molecule has 0 atom stereocenters. The average molecular weight is 405 g/mol. The monoisotopic (exact) mass is 405 g/mol. The fourth-order valence-electron chi connectivity index (χ4n) is 2.67. The summed E-state index contributed by atoms with van der Waals surface area (Å²) < 4.78 is 16.6. The van der Waals surface area contributed by atoms with Crippen LogP contribution in [0.2, 0.25) is 0 Å². The van der Waals surface area contributed by atoms with E-state index in [1.807, 2.05) is 30.3 Å². The second-order valence-corrected chi connectivity index (χ2v) is 6.30. The molecule has 3 aromatic carbocycles. The van der Waals surface area contributed by atoms with Crippen LogP contribution >= 0.6 is 0 Å². The van der Waals surface area contributed by atoms with Gasteiger partial charge in [0, 0.05) is 29.0 Å². The molecule has 0 amide bonds. The van der Waals surface area contributed by atoms with Crippen molar-refractivity contribution in [1.82, 2.24) is 4.98 Å². The van der Waals surface area contributed by atoms with Gasteiger partial charge in [-0.2, -0.15) is 0 Å². The van der Waals surface area contributed by atoms with Crippen molar-refractivity contribution in [3.05, 3.63) is 72.9 Å². The molecule has 0 fully saturated rings. The summed E-state index contributed by atoms with van der Waals surface area (Å²) >= 11 is 0. The predicted octanol–water partition coefficient (Wildman–Crippen LogP) is 4.60. The Morgan fingerprint density at radius 3 is 1.87 bits per heavy atom. The fourth-order valence-corrected chi connectivity index (χ4v) is 2.67. The van der Waals surface area contributed by atoms with E-state index in [1.165, 1.54) is 0 Å². The van der Waals surface area contributed by atoms with Gasteiger partial charge in [-0.05, 0) is 60.7 Å². The highest BCUT2D eigenvalue weighted by Crippen LogP contribution is 2.36. The van der Waals surface area contributed by atoms with E-state index in [2.05, 4.69) is 4.98 Å². The highest BCUT2D eigenvalue weighted by Gasteiger charge is 2.11. The molecule has 0 aliphatic heterocycles. The number of phenolic OH excluding ortho intramolecular Hbond substituents is 1. The molecule has 5 N–H and O–H groups in total. The lowest BCUT2D eigenvalue weighted by Gasteiger charge is -2.12. The fraction of sp³-hybridized carbons (Fsp3) is 0.0870. The molecule has 0 bridgehead atoms. The number of anilines is 2. The molecule has 0 unspecified atom stereocenters. The molecular weight excluding hydrogens is 382 g/mol. The largest absolute Gasteiger partial charge is 0.508 e. The molecule has 0 saturated heterocycles. The third kappa shape index (κ3) is 5.02. The van der Waals surface area contributed by atoms with Gasteiger partial charge in [0.05, 0.1) is 19.7 Å². The number of nitrogens with two attached hydrogens (primary N) is 2. The van der Waals surface area contributed by atoms with E-state index >= 15 is 0 Å². The van der Waals surface area contributed by atoms with Gasteiger partial charge in [-0.1, -0.05) is 0 Å². The number of nitrogen functional groups attached to an aromatic ring is 2. The summed E-state index contributed by atoms with van der Waals surface area (Å²) in [5.74, 6) is 2.91. The van der Waals surface area contributed by atoms with Crippen LogP contribution in [0.1, 0.15) is 0 Å². The van der Waals surface area contributed by atoms with E-state index in [1.54, 1.807) is 56.8 Å². The third-order valence-electron chi connectivity index (χ3n) is 4.21. The standard InChI is InChI=1S/C17H16N2O3.C6H7NO/c1-20-16-9-13-14(10-17(16)21-2)19-8-7-15(13)22-12-5-3-11(18)4-6-12;7-5-1-3-6(8)4-2-5/h3-10H,18H2,1-2H3;1-4,8H,7H2. The Morgan fingerprint density at radius 1 is 0.733 bits per heavy atom. The number of aromatic nitrogens is 1. The van der Waals surface area contributed by atoms with Gasteiger partial charge in [0.2, 0.25) is 0 Å². The van der Waals surface area contributed by atoms with Gasteiger partial charge in [0.15, 0.2) is 11.5 Å². The zero-order chi connectivity index (χ0) is 21.5. The molecule has 4 aromatic rings. The van der Waals surface area contributed by atoms with Crippen LogP contribution in [-0.2, 0) is 0 Å². The predicted molar refractivity (Wildman–Crippen MR) is 118 cm³/mol. The minimum atomic E-state index is 0.249. The highest BCUT2D eigenvalue weighted by atomic mass is 16.5. The van der Waals surface area contributed by atoms with Gasteiger partial charge in [-0.15, -0.1) is 0 Å². The number of ether oxygens (including phenoxy) is 3. The summed E-state index contributed by atoms with van der Waals surface area (Å²) in [5, 5.41) is 9.55. The van der Waals surface area contributed by atoms with E-state index in [0.29, 0.717) is 34.4 Å². The maximum absolute atomic E-state index is 8.70. The second kappa shape index (κ2) is 9.38. The first kappa shape index (κ1) is 20.6. The zero-order valence-electron chi connectivity index (χ0n) is 16.7. The zero-order valence-corrected chi connectivity index (χ0v) is 16.7. The number of rotatable bonds is 4. The van der Waals surface area contributed by atoms with Gasteiger partial charge in [-0.25, -0.2) is 0 Å². The Hall–Kier alpha value is -4.13. The molecule has 1 heterocycles. The lowest BCUT2D eigenvalue weighted by molar-refractivity contribution is 0.355. The average Bonchev–Trinajstić information content (AvgIpc) is 2.77. The number of methoxy groups -OCH3 is 2. The summed E-state index contributed by atoms with van der Waals surface area (Å²) in [6.45, 7) is 0. The number of pyridine rings is 1. The van der Waals surface area contributed by atoms with Crippen molar-refractivity contribution in [3.8, 4) is 28.7 Å². The van der Waals surface area contributed by atoms with Crippen LogP contribution in [0.5, 0.6) is 28.7 Å². The Balaban J connectivity index is 0.000000269. The Bertz CT molecular complexity index is 1090. The Kier molecular flexibility index (Phi) is 6.44. The first-order chi connectivity index (χ1) is 14.5. The summed E-state index contributed by atoms with van der Waals surface area (Å²) in [6.07, 6.45) is 1.70. The SMILES string of the molecule is COc1cc2nccc(Oc3ccc(N)cc3)c2cc1OC.Nc1ccc(O)cc1. The van der Waals surface area contributed by atoms with Gasteiger partial charge in [0.25, 0.3) is 0 Å². The van der Waals surface area contributed by atoms with Crippen molar-refractivity contribution in [2.24, 2.45) is 0 Å². The number of benzene rings is 3. The lowest BCUT2D eigenvalue weighted by atomic mass is 10.2. The number of hydrogen-bond acceptors (Lipinski definition) is 7. The van der Waals surface area contributed by atoms with Gasteiger partial charge >= 0.3 is 0 Å². The summed E-state index contributed by atoms with van der Waals surface area (Å²) in [5.41, 5.74) is 13.1. The van der Waals surface area contributed by atoms with Crippen molar-refractivity contribution in [2.75, 3.05) is 25.7 Å². The van der Waals surface area contributed by atoms with Crippen LogP contribution in [0, 0.1) is 0 Å². The molecule has 4 rings (SSSR count). The molecule has 7 nitrogen and oxygen atoms in total. The van der Waals surface area contributed by atoms with Crippen LogP contribution in [0.3, 0.4) is 0 Å². The van der Waals surface area contributed by atoms with Gasteiger partial charge < -0.3 is 30.8 Å². The smallest absolute Gasteiger partial charge is 0.162 e. The van der Waals surface area contributed by atoms with Crippen molar-refractivity contribution >= 4 is 22.3 Å². The minimum absolute atomic E-state index is 0.249. The molecule has 0 spiro atoms. The Labute approximate surface area is 174 Å². The maximum atomic E-state index is 8.70. The third-order valence-corrected chi connectivity index (χ3v) is 4.21. The first-order valence-electron chi connectivity index (χ1n) is 9.09. The Morgan fingerprint density at radius 2 is 1.30 bits per heavy atom. The summed E-state index contributed by atoms with van der Waals surface area (Å²) in [7, 11) is 3.19. The summed E-state index contributed by atoms with van der Waals surface area (Å²) in [4.78, 5) is 4.35. The molecule has 7 heteroatoms. The quantitative estimate of drug-likeness (QED) is 0.336. The normalized spacial score (nSPS) is 10.1. The number of hydrogen-bond donors (Lipinski definition) is 3. The van der Waals surface area contributed by atoms with E-state index in [4.69, 9.17) is 30.8 Å². The van der Waals surface area contributed by atoms with Crippen LogP contribution in [0.25, 0.3) is 10.9 Å². The van der Waals surface area contributed by atoms with E-state index in [-0.39, 0.29) is 5.75 Å². The van der Waals surface area contributed by atoms with Crippen LogP contribution in [0.4, 0.5) is 11.4 Å². The molecule has 0 saturated carbocycles. The molecule has 1 aromatic heterocycles. The van der Waals surface area contributed by atoms with E-state index < -0.39 is 0 Å². The molecule has 154 valence electrons. The van der Waals surface area contributed by atoms with Crippen LogP contribution in [-0.4, -0.2) is 24.3 Å². The first-order valence-corrected chi connectivity index (χ1v) is 9.09. The van der Waals surface area contributed by atoms with Crippen LogP contribution in [0.15, 0.2) is 72.9 Å². The van der Waals surface area contributed by atoms with Crippen molar-refractivity contribution < 1.29 is 19.3 Å². The van der Waals surface area contributed by atoms with Gasteiger partial charge in [-0.3, -0.25) is 4.98 Å². The summed E-state index contributed by atoms with van der Waals surface area (Å²) in [6, 6.07) is 19.1. The molecular formula is C23H23N3O4. The number of fused-ring (bicyclic) bond motifs is 1. The molecule has 0 aliphatic carbocycles. The molecule has 30 heavy (non-hydrogen) atoms. The lowest BCUT2D eigenvalue weighted by Crippen LogP contribution is -1.93. The van der Waals surface area contributed by atoms with Crippen molar-refractivity contribution in [2.45, 2.75) is 0 Å². The van der Waals surface area contributed by atoms with Crippen molar-refractivity contribution in [3.63, 3.8) is 0 Å². The molecule has 0 aliphatic rings. The van der Waals surface area contributed by atoms with E-state index in [0.717, 1.165) is 10.9 Å². The van der Waals surface area contributed by atoms with E-state index in [9.17, 15) is 0 Å². The topological polar surface area (TPSA) is 113 Å². The minimum Gasteiger partial charge on any atom is -0.508 e. The van der Waals surface area contributed by atoms with Gasteiger partial charge in [0.1, 0.15) is 17.2 Å². The maximum Gasteiger partial charge on any atom is 0.162 e. The van der Waals surface area contributed by atoms with Crippen molar-refractivity contribution in [1.29, 1.82) is 0 Å². The molecule has 0 radical (unpaired) electrons.